The standard InChI is InChI=1S/C15H20N2O6S/c1-22-15(19)10-5-11(7-13(6-10)24(2,20)21)17-14(18)8-12-9-23-4-3-16-12/h5-7,12,16H,3-4,8-9H2,1-2H3,(H,17,18). The molecule has 24 heavy (non-hydrogen) atoms. The van der Waals surface area contributed by atoms with Crippen molar-refractivity contribution in [3.8, 4) is 0 Å². The Balaban J connectivity index is 2.18. The lowest BCUT2D eigenvalue weighted by molar-refractivity contribution is -0.117. The van der Waals surface area contributed by atoms with Crippen molar-refractivity contribution in [2.24, 2.45) is 0 Å². The highest BCUT2D eigenvalue weighted by atomic mass is 32.2. The van der Waals surface area contributed by atoms with Gasteiger partial charge in [0.2, 0.25) is 5.91 Å². The fourth-order valence-electron chi connectivity index (χ4n) is 2.31. The highest BCUT2D eigenvalue weighted by molar-refractivity contribution is 7.90. The summed E-state index contributed by atoms with van der Waals surface area (Å²) in [7, 11) is -2.35. The molecule has 1 fully saturated rings. The van der Waals surface area contributed by atoms with Crippen molar-refractivity contribution in [3.05, 3.63) is 23.8 Å². The molecule has 1 atom stereocenters. The van der Waals surface area contributed by atoms with Crippen LogP contribution in [-0.2, 0) is 24.1 Å². The van der Waals surface area contributed by atoms with Crippen LogP contribution in [0.5, 0.6) is 0 Å². The van der Waals surface area contributed by atoms with Crippen LogP contribution in [0, 0.1) is 0 Å². The molecule has 0 radical (unpaired) electrons. The summed E-state index contributed by atoms with van der Waals surface area (Å²) in [6.07, 6.45) is 1.20. The third kappa shape index (κ3) is 5.02. The number of morpholine rings is 1. The van der Waals surface area contributed by atoms with Gasteiger partial charge in [0.25, 0.3) is 0 Å². The first-order chi connectivity index (χ1) is 11.3. The van der Waals surface area contributed by atoms with Gasteiger partial charge in [0.15, 0.2) is 9.84 Å². The summed E-state index contributed by atoms with van der Waals surface area (Å²) in [5.74, 6) is -0.988. The summed E-state index contributed by atoms with van der Waals surface area (Å²) in [6.45, 7) is 1.72. The second kappa shape index (κ2) is 7.73. The molecule has 2 N–H and O–H groups in total. The van der Waals surface area contributed by atoms with Crippen LogP contribution in [-0.4, -0.2) is 59.5 Å². The largest absolute Gasteiger partial charge is 0.465 e. The van der Waals surface area contributed by atoms with E-state index in [9.17, 15) is 18.0 Å². The van der Waals surface area contributed by atoms with E-state index in [0.29, 0.717) is 19.8 Å². The number of carbonyl (C=O) groups excluding carboxylic acids is 2. The van der Waals surface area contributed by atoms with Gasteiger partial charge < -0.3 is 20.1 Å². The first kappa shape index (κ1) is 18.4. The van der Waals surface area contributed by atoms with E-state index >= 15 is 0 Å². The summed E-state index contributed by atoms with van der Waals surface area (Å²) in [6, 6.07) is 3.80. The zero-order valence-electron chi connectivity index (χ0n) is 13.5. The number of anilines is 1. The molecule has 9 heteroatoms. The van der Waals surface area contributed by atoms with Gasteiger partial charge in [-0.2, -0.15) is 0 Å². The number of rotatable bonds is 5. The van der Waals surface area contributed by atoms with E-state index in [0.717, 1.165) is 6.26 Å². The number of benzene rings is 1. The molecule has 1 unspecified atom stereocenters. The van der Waals surface area contributed by atoms with Crippen molar-refractivity contribution < 1.29 is 27.5 Å². The summed E-state index contributed by atoms with van der Waals surface area (Å²) in [5, 5.41) is 5.77. The van der Waals surface area contributed by atoms with Gasteiger partial charge in [0.05, 0.1) is 30.8 Å². The van der Waals surface area contributed by atoms with Crippen molar-refractivity contribution in [1.29, 1.82) is 0 Å². The molecule has 1 aliphatic heterocycles. The fraction of sp³-hybridized carbons (Fsp3) is 0.467. The molecule has 1 aromatic carbocycles. The highest BCUT2D eigenvalue weighted by Gasteiger charge is 2.19. The molecule has 8 nitrogen and oxygen atoms in total. The van der Waals surface area contributed by atoms with Crippen molar-refractivity contribution in [2.75, 3.05) is 38.4 Å². The molecule has 0 spiro atoms. The first-order valence-corrected chi connectivity index (χ1v) is 9.23. The van der Waals surface area contributed by atoms with E-state index in [2.05, 4.69) is 15.4 Å². The van der Waals surface area contributed by atoms with Gasteiger partial charge in [-0.05, 0) is 18.2 Å². The maximum Gasteiger partial charge on any atom is 0.337 e. The number of sulfone groups is 1. The molecular weight excluding hydrogens is 336 g/mol. The zero-order chi connectivity index (χ0) is 17.7. The van der Waals surface area contributed by atoms with Gasteiger partial charge in [-0.15, -0.1) is 0 Å². The number of esters is 1. The lowest BCUT2D eigenvalue weighted by Crippen LogP contribution is -2.43. The Labute approximate surface area is 140 Å². The van der Waals surface area contributed by atoms with Gasteiger partial charge in [0.1, 0.15) is 0 Å². The average molecular weight is 356 g/mol. The lowest BCUT2D eigenvalue weighted by Gasteiger charge is -2.23. The molecule has 0 aromatic heterocycles. The Kier molecular flexibility index (Phi) is 5.92. The fourth-order valence-corrected chi connectivity index (χ4v) is 2.99. The van der Waals surface area contributed by atoms with Crippen LogP contribution in [0.3, 0.4) is 0 Å². The minimum Gasteiger partial charge on any atom is -0.465 e. The van der Waals surface area contributed by atoms with Crippen LogP contribution >= 0.6 is 0 Å². The van der Waals surface area contributed by atoms with E-state index in [-0.39, 0.29) is 34.5 Å². The van der Waals surface area contributed by atoms with Crippen LogP contribution in [0.2, 0.25) is 0 Å². The smallest absolute Gasteiger partial charge is 0.337 e. The maximum absolute atomic E-state index is 12.1. The summed E-state index contributed by atoms with van der Waals surface area (Å²) in [4.78, 5) is 23.7. The monoisotopic (exact) mass is 356 g/mol. The third-order valence-electron chi connectivity index (χ3n) is 3.47. The number of methoxy groups -OCH3 is 1. The quantitative estimate of drug-likeness (QED) is 0.725. The van der Waals surface area contributed by atoms with Gasteiger partial charge in [0, 0.05) is 31.0 Å². The van der Waals surface area contributed by atoms with Crippen molar-refractivity contribution >= 4 is 27.4 Å². The number of hydrogen-bond acceptors (Lipinski definition) is 7. The average Bonchev–Trinajstić information content (AvgIpc) is 2.53. The Bertz CT molecular complexity index is 725. The minimum absolute atomic E-state index is 0.0508. The predicted octanol–water partition coefficient (Wildman–Crippen LogP) is 0.194. The Morgan fingerprint density at radius 3 is 2.71 bits per heavy atom. The first-order valence-electron chi connectivity index (χ1n) is 7.34. The molecular formula is C15H20N2O6S. The molecule has 0 aliphatic carbocycles. The van der Waals surface area contributed by atoms with E-state index in [1.54, 1.807) is 0 Å². The molecule has 2 rings (SSSR count). The second-order valence-corrected chi connectivity index (χ2v) is 7.50. The molecule has 1 saturated heterocycles. The molecule has 0 saturated carbocycles. The van der Waals surface area contributed by atoms with Crippen molar-refractivity contribution in [3.63, 3.8) is 0 Å². The number of hydrogen-bond donors (Lipinski definition) is 2. The molecule has 1 amide bonds. The van der Waals surface area contributed by atoms with Gasteiger partial charge >= 0.3 is 5.97 Å². The number of carbonyl (C=O) groups is 2. The normalized spacial score (nSPS) is 18.0. The van der Waals surface area contributed by atoms with E-state index in [1.807, 2.05) is 0 Å². The molecule has 1 aromatic rings. The zero-order valence-corrected chi connectivity index (χ0v) is 14.3. The topological polar surface area (TPSA) is 111 Å². The minimum atomic E-state index is -3.54. The lowest BCUT2D eigenvalue weighted by atomic mass is 10.1. The molecule has 1 heterocycles. The number of nitrogens with one attached hydrogen (secondary N) is 2. The molecule has 132 valence electrons. The summed E-state index contributed by atoms with van der Waals surface area (Å²) < 4.78 is 33.4. The SMILES string of the molecule is COC(=O)c1cc(NC(=O)CC2COCCN2)cc(S(C)(=O)=O)c1. The Morgan fingerprint density at radius 2 is 2.12 bits per heavy atom. The number of amides is 1. The highest BCUT2D eigenvalue weighted by Crippen LogP contribution is 2.20. The maximum atomic E-state index is 12.1. The van der Waals surface area contributed by atoms with Crippen LogP contribution in [0.1, 0.15) is 16.8 Å². The van der Waals surface area contributed by atoms with Crippen LogP contribution < -0.4 is 10.6 Å². The van der Waals surface area contributed by atoms with E-state index in [4.69, 9.17) is 4.74 Å². The van der Waals surface area contributed by atoms with Crippen LogP contribution in [0.4, 0.5) is 5.69 Å². The Hall–Kier alpha value is -1.97. The number of ether oxygens (including phenoxy) is 2. The second-order valence-electron chi connectivity index (χ2n) is 5.49. The van der Waals surface area contributed by atoms with Gasteiger partial charge in [-0.25, -0.2) is 13.2 Å². The van der Waals surface area contributed by atoms with Crippen molar-refractivity contribution in [1.82, 2.24) is 5.32 Å². The van der Waals surface area contributed by atoms with Gasteiger partial charge in [-0.3, -0.25) is 4.79 Å². The molecule has 0 bridgehead atoms. The van der Waals surface area contributed by atoms with Gasteiger partial charge in [-0.1, -0.05) is 0 Å². The predicted molar refractivity (Wildman–Crippen MR) is 86.7 cm³/mol. The summed E-state index contributed by atoms with van der Waals surface area (Å²) >= 11 is 0. The summed E-state index contributed by atoms with van der Waals surface area (Å²) in [5.41, 5.74) is 0.273. The van der Waals surface area contributed by atoms with E-state index < -0.39 is 15.8 Å². The van der Waals surface area contributed by atoms with Crippen molar-refractivity contribution in [2.45, 2.75) is 17.4 Å². The Morgan fingerprint density at radius 1 is 1.38 bits per heavy atom. The van der Waals surface area contributed by atoms with Crippen LogP contribution in [0.15, 0.2) is 23.1 Å². The van der Waals surface area contributed by atoms with Crippen LogP contribution in [0.25, 0.3) is 0 Å². The molecule has 1 aliphatic rings. The van der Waals surface area contributed by atoms with E-state index in [1.165, 1.54) is 25.3 Å². The third-order valence-corrected chi connectivity index (χ3v) is 4.56.